The average molecular weight is 374 g/mol. The molecule has 0 radical (unpaired) electrons. The normalized spacial score (nSPS) is 15.4. The van der Waals surface area contributed by atoms with Gasteiger partial charge in [-0.05, 0) is 26.7 Å². The molecule has 2 unspecified atom stereocenters. The Bertz CT molecular complexity index is 477. The molecule has 0 aromatic rings. The highest BCUT2D eigenvalue weighted by atomic mass is 16.6. The topological polar surface area (TPSA) is 127 Å². The molecule has 0 aromatic carbocycles. The summed E-state index contributed by atoms with van der Waals surface area (Å²) >= 11 is 0. The third kappa shape index (κ3) is 7.84. The fraction of sp³-hybridized carbons (Fsp3) is 0.778. The highest BCUT2D eigenvalue weighted by Crippen LogP contribution is 2.37. The van der Waals surface area contributed by atoms with Gasteiger partial charge in [-0.2, -0.15) is 0 Å². The summed E-state index contributed by atoms with van der Waals surface area (Å²) in [5.41, 5.74) is -1.54. The van der Waals surface area contributed by atoms with Crippen LogP contribution in [0.5, 0.6) is 0 Å². The van der Waals surface area contributed by atoms with Crippen molar-refractivity contribution in [1.82, 2.24) is 0 Å². The van der Waals surface area contributed by atoms with Crippen molar-refractivity contribution in [3.05, 3.63) is 0 Å². The van der Waals surface area contributed by atoms with Crippen LogP contribution in [-0.2, 0) is 28.7 Å². The number of ether oxygens (including phenoxy) is 2. The van der Waals surface area contributed by atoms with E-state index in [0.29, 0.717) is 19.3 Å². The van der Waals surface area contributed by atoms with E-state index in [4.69, 9.17) is 14.6 Å². The number of carboxylic acid groups (broad SMARTS) is 2. The van der Waals surface area contributed by atoms with Gasteiger partial charge in [0.25, 0.3) is 0 Å². The van der Waals surface area contributed by atoms with Crippen LogP contribution in [0.2, 0.25) is 0 Å². The molecule has 2 atom stereocenters. The Morgan fingerprint density at radius 2 is 1.23 bits per heavy atom. The molecule has 0 heterocycles. The standard InChI is InChI=1S/C18H30O8/c1-12(25-14(3)19)18(17(23)24,13(2)26-15(4)20)11-9-7-5-6-8-10-16(21)22/h12-13H,5-11H2,1-4H3,(H,21,22)(H,23,24). The van der Waals surface area contributed by atoms with Crippen molar-refractivity contribution < 1.29 is 38.9 Å². The van der Waals surface area contributed by atoms with Gasteiger partial charge in [-0.15, -0.1) is 0 Å². The van der Waals surface area contributed by atoms with Crippen LogP contribution in [-0.4, -0.2) is 46.3 Å². The zero-order chi connectivity index (χ0) is 20.3. The van der Waals surface area contributed by atoms with Crippen LogP contribution in [0.15, 0.2) is 0 Å². The molecule has 0 spiro atoms. The number of unbranched alkanes of at least 4 members (excludes halogenated alkanes) is 4. The zero-order valence-electron chi connectivity index (χ0n) is 15.9. The highest BCUT2D eigenvalue weighted by molar-refractivity contribution is 5.78. The largest absolute Gasteiger partial charge is 0.481 e. The van der Waals surface area contributed by atoms with Gasteiger partial charge in [-0.3, -0.25) is 19.2 Å². The van der Waals surface area contributed by atoms with Crippen LogP contribution in [0.1, 0.15) is 72.6 Å². The monoisotopic (exact) mass is 374 g/mol. The fourth-order valence-electron chi connectivity index (χ4n) is 3.12. The van der Waals surface area contributed by atoms with Gasteiger partial charge in [0.1, 0.15) is 17.6 Å². The Kier molecular flexibility index (Phi) is 10.6. The van der Waals surface area contributed by atoms with E-state index in [1.165, 1.54) is 27.7 Å². The third-order valence-electron chi connectivity index (χ3n) is 4.52. The number of esters is 2. The first kappa shape index (κ1) is 23.9. The van der Waals surface area contributed by atoms with Gasteiger partial charge in [0.05, 0.1) is 0 Å². The maximum absolute atomic E-state index is 12.1. The molecule has 0 rings (SSSR count). The molecule has 0 saturated heterocycles. The third-order valence-corrected chi connectivity index (χ3v) is 4.52. The van der Waals surface area contributed by atoms with Gasteiger partial charge in [-0.25, -0.2) is 0 Å². The van der Waals surface area contributed by atoms with E-state index >= 15 is 0 Å². The summed E-state index contributed by atoms with van der Waals surface area (Å²) in [5.74, 6) is -3.23. The number of carbonyl (C=O) groups is 4. The first-order chi connectivity index (χ1) is 12.0. The molecule has 0 aliphatic rings. The van der Waals surface area contributed by atoms with E-state index in [9.17, 15) is 24.3 Å². The lowest BCUT2D eigenvalue weighted by Gasteiger charge is -2.38. The van der Waals surface area contributed by atoms with Gasteiger partial charge in [0.2, 0.25) is 0 Å². The van der Waals surface area contributed by atoms with Crippen molar-refractivity contribution in [2.75, 3.05) is 0 Å². The Balaban J connectivity index is 5.00. The van der Waals surface area contributed by atoms with E-state index in [2.05, 4.69) is 0 Å². The summed E-state index contributed by atoms with van der Waals surface area (Å²) in [5, 5.41) is 18.4. The number of hydrogen-bond acceptors (Lipinski definition) is 6. The second-order valence-corrected chi connectivity index (χ2v) is 6.51. The van der Waals surface area contributed by atoms with Crippen molar-refractivity contribution in [2.45, 2.75) is 84.8 Å². The Labute approximate surface area is 153 Å². The molecule has 0 aromatic heterocycles. The first-order valence-electron chi connectivity index (χ1n) is 8.83. The van der Waals surface area contributed by atoms with Gasteiger partial charge in [-0.1, -0.05) is 25.7 Å². The van der Waals surface area contributed by atoms with Gasteiger partial charge >= 0.3 is 23.9 Å². The summed E-state index contributed by atoms with van der Waals surface area (Å²) in [6.45, 7) is 5.37. The second-order valence-electron chi connectivity index (χ2n) is 6.51. The zero-order valence-corrected chi connectivity index (χ0v) is 15.9. The number of carbonyl (C=O) groups excluding carboxylic acids is 2. The maximum Gasteiger partial charge on any atom is 0.317 e. The van der Waals surface area contributed by atoms with Crippen LogP contribution in [0.4, 0.5) is 0 Å². The molecule has 8 nitrogen and oxygen atoms in total. The van der Waals surface area contributed by atoms with Gasteiger partial charge in [0.15, 0.2) is 0 Å². The highest BCUT2D eigenvalue weighted by Gasteiger charge is 2.51. The fourth-order valence-corrected chi connectivity index (χ4v) is 3.12. The summed E-state index contributed by atoms with van der Waals surface area (Å²) in [6.07, 6.45) is 1.66. The molecule has 0 bridgehead atoms. The van der Waals surface area contributed by atoms with Crippen LogP contribution in [0.25, 0.3) is 0 Å². The molecule has 150 valence electrons. The summed E-state index contributed by atoms with van der Waals surface area (Å²) < 4.78 is 10.3. The van der Waals surface area contributed by atoms with Crippen molar-refractivity contribution in [3.8, 4) is 0 Å². The average Bonchev–Trinajstić information content (AvgIpc) is 2.47. The minimum absolute atomic E-state index is 0.117. The first-order valence-corrected chi connectivity index (χ1v) is 8.83. The number of hydrogen-bond donors (Lipinski definition) is 2. The molecule has 0 aliphatic heterocycles. The Hall–Kier alpha value is -2.12. The van der Waals surface area contributed by atoms with Crippen LogP contribution in [0.3, 0.4) is 0 Å². The van der Waals surface area contributed by atoms with E-state index in [-0.39, 0.29) is 12.8 Å². The van der Waals surface area contributed by atoms with Gasteiger partial charge in [0, 0.05) is 20.3 Å². The quantitative estimate of drug-likeness (QED) is 0.372. The smallest absolute Gasteiger partial charge is 0.317 e. The molecular formula is C18H30O8. The van der Waals surface area contributed by atoms with E-state index in [1.807, 2.05) is 0 Å². The molecule has 0 amide bonds. The van der Waals surface area contributed by atoms with Crippen molar-refractivity contribution in [2.24, 2.45) is 5.41 Å². The SMILES string of the molecule is CC(=O)OC(C)C(CCCCCCCC(=O)O)(C(=O)O)C(C)OC(C)=O. The summed E-state index contributed by atoms with van der Waals surface area (Å²) in [6, 6.07) is 0. The van der Waals surface area contributed by atoms with Gasteiger partial charge < -0.3 is 19.7 Å². The molecule has 0 fully saturated rings. The van der Waals surface area contributed by atoms with E-state index in [1.54, 1.807) is 0 Å². The molecule has 0 aliphatic carbocycles. The molecular weight excluding hydrogens is 344 g/mol. The minimum atomic E-state index is -1.54. The Morgan fingerprint density at radius 1 is 0.808 bits per heavy atom. The van der Waals surface area contributed by atoms with Crippen LogP contribution in [0, 0.1) is 5.41 Å². The predicted molar refractivity (Wildman–Crippen MR) is 92.5 cm³/mol. The minimum Gasteiger partial charge on any atom is -0.481 e. The number of carboxylic acids is 2. The predicted octanol–water partition coefficient (Wildman–Crippen LogP) is 2.78. The molecule has 8 heteroatoms. The second kappa shape index (κ2) is 11.5. The summed E-state index contributed by atoms with van der Waals surface area (Å²) in [7, 11) is 0. The summed E-state index contributed by atoms with van der Waals surface area (Å²) in [4.78, 5) is 45.1. The van der Waals surface area contributed by atoms with E-state index in [0.717, 1.165) is 12.8 Å². The molecule has 0 saturated carbocycles. The lowest BCUT2D eigenvalue weighted by molar-refractivity contribution is -0.185. The van der Waals surface area contributed by atoms with Crippen molar-refractivity contribution in [1.29, 1.82) is 0 Å². The van der Waals surface area contributed by atoms with E-state index < -0.39 is 41.5 Å². The lowest BCUT2D eigenvalue weighted by Crippen LogP contribution is -2.52. The molecule has 26 heavy (non-hydrogen) atoms. The molecule has 2 N–H and O–H groups in total. The number of rotatable bonds is 13. The maximum atomic E-state index is 12.1. The Morgan fingerprint density at radius 3 is 1.62 bits per heavy atom. The van der Waals surface area contributed by atoms with Crippen molar-refractivity contribution >= 4 is 23.9 Å². The lowest BCUT2D eigenvalue weighted by atomic mass is 9.73. The van der Waals surface area contributed by atoms with Crippen LogP contribution < -0.4 is 0 Å². The van der Waals surface area contributed by atoms with Crippen molar-refractivity contribution in [3.63, 3.8) is 0 Å². The number of aliphatic carboxylic acids is 2. The van der Waals surface area contributed by atoms with Crippen LogP contribution >= 0.6 is 0 Å².